The molecule has 0 radical (unpaired) electrons. The van der Waals surface area contributed by atoms with E-state index in [4.69, 9.17) is 15.7 Å². The minimum Gasteiger partial charge on any atom is -0.465 e. The molecule has 11 nitrogen and oxygen atoms in total. The highest BCUT2D eigenvalue weighted by Gasteiger charge is 2.26. The number of nitrogens with two attached hydrogens (primary N) is 1. The molecule has 0 saturated heterocycles. The van der Waals surface area contributed by atoms with Crippen LogP contribution in [0.4, 0.5) is 11.8 Å². The number of nitrogens with zero attached hydrogens (tertiary/aromatic N) is 6. The number of carbonyl (C=O) groups excluding carboxylic acids is 2. The number of esters is 1. The lowest BCUT2D eigenvalue weighted by atomic mass is 10.2. The molecule has 3 N–H and O–H groups in total. The number of nitrogen functional groups attached to an aromatic ring is 1. The van der Waals surface area contributed by atoms with Crippen LogP contribution >= 0.6 is 11.8 Å². The van der Waals surface area contributed by atoms with Crippen molar-refractivity contribution in [3.63, 3.8) is 0 Å². The zero-order valence-electron chi connectivity index (χ0n) is 15.2. The Balaban J connectivity index is 2.22. The zero-order valence-corrected chi connectivity index (χ0v) is 16.0. The topological polar surface area (TPSA) is 154 Å². The molecule has 0 aliphatic heterocycles. The molecule has 1 atom stereocenters. The summed E-state index contributed by atoms with van der Waals surface area (Å²) in [6, 6.07) is 1.24. The normalized spacial score (nSPS) is 11.6. The Hall–Kier alpha value is -3.07. The Kier molecular flexibility index (Phi) is 6.78. The van der Waals surface area contributed by atoms with Crippen LogP contribution in [0.2, 0.25) is 0 Å². The van der Waals surface area contributed by atoms with Crippen LogP contribution in [-0.4, -0.2) is 48.8 Å². The van der Waals surface area contributed by atoms with Crippen molar-refractivity contribution in [3.8, 4) is 6.07 Å². The number of hydrogen-bond acceptors (Lipinski definition) is 9. The molecule has 0 bridgehead atoms. The average molecular weight is 392 g/mol. The predicted octanol–water partition coefficient (Wildman–Crippen LogP) is 0.710. The quantitative estimate of drug-likeness (QED) is 0.488. The SMILES string of the molecule is CCOC(=O)CSc1nnc(N)n1C(CC)C(=O)Nc1c(C#N)cnn1C. The number of thioether (sulfide) groups is 1. The number of aryl methyl sites for hydroxylation is 1. The van der Waals surface area contributed by atoms with Crippen LogP contribution in [0.5, 0.6) is 0 Å². The van der Waals surface area contributed by atoms with Gasteiger partial charge in [0.25, 0.3) is 0 Å². The van der Waals surface area contributed by atoms with Gasteiger partial charge in [0.15, 0.2) is 5.16 Å². The van der Waals surface area contributed by atoms with Crippen molar-refractivity contribution in [2.75, 3.05) is 23.4 Å². The maximum absolute atomic E-state index is 12.8. The number of rotatable bonds is 8. The maximum Gasteiger partial charge on any atom is 0.316 e. The highest BCUT2D eigenvalue weighted by atomic mass is 32.2. The predicted molar refractivity (Wildman–Crippen MR) is 97.7 cm³/mol. The van der Waals surface area contributed by atoms with E-state index in [1.807, 2.05) is 6.07 Å². The second-order valence-electron chi connectivity index (χ2n) is 5.36. The average Bonchev–Trinajstić information content (AvgIpc) is 3.18. The largest absolute Gasteiger partial charge is 0.465 e. The molecule has 1 unspecified atom stereocenters. The summed E-state index contributed by atoms with van der Waals surface area (Å²) in [4.78, 5) is 24.4. The van der Waals surface area contributed by atoms with Crippen molar-refractivity contribution in [2.24, 2.45) is 7.05 Å². The van der Waals surface area contributed by atoms with Gasteiger partial charge in [-0.15, -0.1) is 10.2 Å². The molecule has 12 heteroatoms. The minimum atomic E-state index is -0.730. The van der Waals surface area contributed by atoms with Gasteiger partial charge >= 0.3 is 5.97 Å². The fourth-order valence-corrected chi connectivity index (χ4v) is 3.15. The van der Waals surface area contributed by atoms with E-state index in [0.29, 0.717) is 11.6 Å². The lowest BCUT2D eigenvalue weighted by Crippen LogP contribution is -2.28. The number of amides is 1. The third-order valence-corrected chi connectivity index (χ3v) is 4.53. The number of hydrogen-bond donors (Lipinski definition) is 2. The Labute approximate surface area is 159 Å². The number of nitriles is 1. The highest BCUT2D eigenvalue weighted by Crippen LogP contribution is 2.26. The van der Waals surface area contributed by atoms with E-state index in [9.17, 15) is 9.59 Å². The molecule has 1 amide bonds. The summed E-state index contributed by atoms with van der Waals surface area (Å²) in [7, 11) is 1.62. The second-order valence-corrected chi connectivity index (χ2v) is 6.30. The van der Waals surface area contributed by atoms with E-state index in [1.165, 1.54) is 15.4 Å². The molecule has 0 aromatic carbocycles. The highest BCUT2D eigenvalue weighted by molar-refractivity contribution is 7.99. The van der Waals surface area contributed by atoms with Crippen molar-refractivity contribution in [1.29, 1.82) is 5.26 Å². The van der Waals surface area contributed by atoms with E-state index < -0.39 is 17.9 Å². The number of carbonyl (C=O) groups is 2. The summed E-state index contributed by atoms with van der Waals surface area (Å²) in [6.45, 7) is 3.80. The van der Waals surface area contributed by atoms with Crippen LogP contribution in [0.15, 0.2) is 11.4 Å². The molecule has 2 aromatic heterocycles. The summed E-state index contributed by atoms with van der Waals surface area (Å²) in [6.07, 6.45) is 1.76. The summed E-state index contributed by atoms with van der Waals surface area (Å²) >= 11 is 1.08. The molecule has 2 heterocycles. The lowest BCUT2D eigenvalue weighted by molar-refractivity contribution is -0.139. The summed E-state index contributed by atoms with van der Waals surface area (Å²) < 4.78 is 7.74. The standard InChI is InChI=1S/C15H20N8O3S/c1-4-10(13(25)19-12-9(6-16)7-18-22(12)3)23-14(17)20-21-15(23)27-8-11(24)26-5-2/h7,10H,4-5,8H2,1-3H3,(H2,17,20)(H,19,25). The molecule has 0 aliphatic rings. The fraction of sp³-hybridized carbons (Fsp3) is 0.467. The summed E-state index contributed by atoms with van der Waals surface area (Å²) in [5.74, 6) is -0.449. The lowest BCUT2D eigenvalue weighted by Gasteiger charge is -2.19. The Morgan fingerprint density at radius 2 is 2.19 bits per heavy atom. The van der Waals surface area contributed by atoms with Crippen LogP contribution in [-0.2, 0) is 21.4 Å². The first-order valence-electron chi connectivity index (χ1n) is 8.14. The first-order chi connectivity index (χ1) is 12.9. The van der Waals surface area contributed by atoms with Crippen LogP contribution in [0.1, 0.15) is 31.9 Å². The van der Waals surface area contributed by atoms with Crippen LogP contribution in [0.25, 0.3) is 0 Å². The van der Waals surface area contributed by atoms with Crippen molar-refractivity contribution < 1.29 is 14.3 Å². The number of ether oxygens (including phenoxy) is 1. The van der Waals surface area contributed by atoms with Gasteiger partial charge in [-0.2, -0.15) is 10.4 Å². The maximum atomic E-state index is 12.8. The molecule has 0 spiro atoms. The summed E-state index contributed by atoms with van der Waals surface area (Å²) in [5.41, 5.74) is 6.13. The first-order valence-corrected chi connectivity index (χ1v) is 9.13. The Morgan fingerprint density at radius 1 is 1.44 bits per heavy atom. The molecule has 0 aliphatic carbocycles. The minimum absolute atomic E-state index is 0.0182. The third-order valence-electron chi connectivity index (χ3n) is 3.62. The molecule has 27 heavy (non-hydrogen) atoms. The second kappa shape index (κ2) is 9.04. The van der Waals surface area contributed by atoms with Gasteiger partial charge in [0.2, 0.25) is 11.9 Å². The van der Waals surface area contributed by atoms with E-state index >= 15 is 0 Å². The molecular formula is C15H20N8O3S. The summed E-state index contributed by atoms with van der Waals surface area (Å²) in [5, 5.41) is 23.9. The van der Waals surface area contributed by atoms with E-state index in [2.05, 4.69) is 20.6 Å². The van der Waals surface area contributed by atoms with E-state index in [1.54, 1.807) is 20.9 Å². The van der Waals surface area contributed by atoms with Crippen molar-refractivity contribution >= 4 is 35.4 Å². The third kappa shape index (κ3) is 4.56. The molecule has 2 rings (SSSR count). The molecule has 0 saturated carbocycles. The van der Waals surface area contributed by atoms with Crippen molar-refractivity contribution in [3.05, 3.63) is 11.8 Å². The Morgan fingerprint density at radius 3 is 2.81 bits per heavy atom. The van der Waals surface area contributed by atoms with Crippen molar-refractivity contribution in [1.82, 2.24) is 24.5 Å². The number of anilines is 2. The van der Waals surface area contributed by atoms with Gasteiger partial charge in [-0.05, 0) is 13.3 Å². The smallest absolute Gasteiger partial charge is 0.316 e. The van der Waals surface area contributed by atoms with Crippen molar-refractivity contribution in [2.45, 2.75) is 31.5 Å². The van der Waals surface area contributed by atoms with Gasteiger partial charge in [-0.1, -0.05) is 18.7 Å². The molecule has 0 fully saturated rings. The van der Waals surface area contributed by atoms with Gasteiger partial charge in [0.1, 0.15) is 23.5 Å². The van der Waals surface area contributed by atoms with Gasteiger partial charge in [0, 0.05) is 7.05 Å². The van der Waals surface area contributed by atoms with Gasteiger partial charge < -0.3 is 15.8 Å². The van der Waals surface area contributed by atoms with Gasteiger partial charge in [-0.3, -0.25) is 18.8 Å². The molecular weight excluding hydrogens is 372 g/mol. The number of aromatic nitrogens is 5. The zero-order chi connectivity index (χ0) is 20.0. The fourth-order valence-electron chi connectivity index (χ4n) is 2.36. The monoisotopic (exact) mass is 392 g/mol. The van der Waals surface area contributed by atoms with Crippen LogP contribution in [0, 0.1) is 11.3 Å². The van der Waals surface area contributed by atoms with E-state index in [-0.39, 0.29) is 29.7 Å². The van der Waals surface area contributed by atoms with E-state index in [0.717, 1.165) is 11.8 Å². The molecule has 2 aromatic rings. The first kappa shape index (κ1) is 20.2. The molecule has 144 valence electrons. The van der Waals surface area contributed by atoms with Gasteiger partial charge in [0.05, 0.1) is 18.6 Å². The van der Waals surface area contributed by atoms with Crippen LogP contribution < -0.4 is 11.1 Å². The Bertz CT molecular complexity index is 869. The van der Waals surface area contributed by atoms with Crippen LogP contribution in [0.3, 0.4) is 0 Å². The van der Waals surface area contributed by atoms with Gasteiger partial charge in [-0.25, -0.2) is 0 Å². The number of nitrogens with one attached hydrogen (secondary N) is 1.